The first-order chi connectivity index (χ1) is 35.7. The van der Waals surface area contributed by atoms with Crippen LogP contribution in [0.5, 0.6) is 0 Å². The third-order valence-electron chi connectivity index (χ3n) is 12.5. The quantitative estimate of drug-likeness (QED) is 0.0318. The van der Waals surface area contributed by atoms with E-state index in [4.69, 9.17) is 16.1 Å². The van der Waals surface area contributed by atoms with Crippen LogP contribution >= 0.6 is 0 Å². The number of benzene rings is 4. The number of ether oxygens (including phenoxy) is 1. The number of fused-ring (bicyclic) bond motifs is 4. The lowest BCUT2D eigenvalue weighted by molar-refractivity contribution is -0.134. The summed E-state index contributed by atoms with van der Waals surface area (Å²) in [6, 6.07) is 35.2. The number of esters is 1. The Labute approximate surface area is 443 Å². The summed E-state index contributed by atoms with van der Waals surface area (Å²) in [6.07, 6.45) is 12.3. The van der Waals surface area contributed by atoms with Gasteiger partial charge in [-0.15, -0.1) is 0 Å². The molecular weight excluding hydrogens is 929 g/mol. The van der Waals surface area contributed by atoms with Crippen molar-refractivity contribution in [1.29, 1.82) is 0 Å². The van der Waals surface area contributed by atoms with Gasteiger partial charge >= 0.3 is 5.97 Å². The Morgan fingerprint density at radius 2 is 1.01 bits per heavy atom. The van der Waals surface area contributed by atoms with Crippen LogP contribution in [0.4, 0.5) is 0 Å². The molecule has 0 aliphatic carbocycles. The van der Waals surface area contributed by atoms with Crippen LogP contribution in [0.3, 0.4) is 0 Å². The summed E-state index contributed by atoms with van der Waals surface area (Å²) in [5.41, 5.74) is 17.8. The maximum atomic E-state index is 11.3. The Morgan fingerprint density at radius 3 is 1.42 bits per heavy atom. The molecule has 0 fully saturated rings. The van der Waals surface area contributed by atoms with Gasteiger partial charge in [0.2, 0.25) is 0 Å². The summed E-state index contributed by atoms with van der Waals surface area (Å²) < 4.78 is 4.33. The zero-order chi connectivity index (χ0) is 53.9. The second-order valence-electron chi connectivity index (χ2n) is 20.3. The molecule has 4 aliphatic heterocycles. The number of carbonyl (C=O) groups is 3. The number of aryl methyl sites for hydroxylation is 4. The number of hydrogen-bond donors (Lipinski definition) is 5. The van der Waals surface area contributed by atoms with Gasteiger partial charge in [0.15, 0.2) is 6.21 Å². The van der Waals surface area contributed by atoms with Gasteiger partial charge in [0.05, 0.1) is 6.61 Å². The van der Waals surface area contributed by atoms with E-state index >= 15 is 0 Å². The lowest BCUT2D eigenvalue weighted by atomic mass is 10.0. The Morgan fingerprint density at radius 1 is 0.622 bits per heavy atom. The number of aldehydes is 1. The van der Waals surface area contributed by atoms with Gasteiger partial charge in [-0.05, 0) is 149 Å². The molecule has 6 N–H and O–H groups in total. The summed E-state index contributed by atoms with van der Waals surface area (Å²) in [5, 5.41) is 27.4. The standard InChI is InChI=1S/C15H21N3O2.C14H21N.C13H20N2.C10H13N.C4H7NO3.C4H8O/c1-12(17-15(19)9-16-20)10-18-8-4-7-13-5-2-3-6-14(13)11-18;1-12(2)10-15-9-5-8-13-6-3-4-7-14(13)11-15;1-11(14)9-15-8-4-7-12-5-2-3-6-13(12)10-15;1-2-5-10-8-11-7-3-6-9(10)4-1;1-2-8-4(6)3-5-7;1-4(2)3-5/h2-3,5-6,9,12,20H,4,7-8,10-11H2,1H3,(H,17,19);3-4,6-7,12H,5,8-11H2,1-2H3;2-3,5-6,11H,4,7-10,14H2,1H3;1-2,4-5,11H,3,6-8H2;3,7H,2H2,1H3;3-4H,1-2H3/b16-9+;;;;5-3+;/t12-;;11-;;;/m0.0.../s1. The van der Waals surface area contributed by atoms with E-state index in [0.717, 1.165) is 83.6 Å². The van der Waals surface area contributed by atoms with Crippen molar-refractivity contribution in [1.82, 2.24) is 25.3 Å². The molecule has 4 aromatic carbocycles. The van der Waals surface area contributed by atoms with Crippen molar-refractivity contribution >= 4 is 30.6 Å². The monoisotopic (exact) mass is 1020 g/mol. The first-order valence-electron chi connectivity index (χ1n) is 26.9. The zero-order valence-electron chi connectivity index (χ0n) is 45.8. The Kier molecular flexibility index (Phi) is 31.3. The van der Waals surface area contributed by atoms with Crippen molar-refractivity contribution < 1.29 is 29.5 Å². The predicted octanol–water partition coefficient (Wildman–Crippen LogP) is 8.85. The van der Waals surface area contributed by atoms with Gasteiger partial charge in [-0.25, -0.2) is 4.79 Å². The largest absolute Gasteiger partial charge is 0.462 e. The van der Waals surface area contributed by atoms with Crippen LogP contribution < -0.4 is 16.4 Å². The number of amides is 1. The van der Waals surface area contributed by atoms with Crippen LogP contribution in [0.15, 0.2) is 107 Å². The molecule has 74 heavy (non-hydrogen) atoms. The van der Waals surface area contributed by atoms with Crippen LogP contribution in [-0.2, 0) is 71.0 Å². The average molecular weight is 1020 g/mol. The van der Waals surface area contributed by atoms with Crippen molar-refractivity contribution in [2.45, 2.75) is 138 Å². The van der Waals surface area contributed by atoms with Gasteiger partial charge in [-0.2, -0.15) is 0 Å². The molecule has 0 aromatic heterocycles. The molecular formula is C60H90N8O6. The van der Waals surface area contributed by atoms with Gasteiger partial charge in [0.25, 0.3) is 5.91 Å². The van der Waals surface area contributed by atoms with Crippen molar-refractivity contribution in [2.75, 3.05) is 52.4 Å². The molecule has 0 bridgehead atoms. The highest BCUT2D eigenvalue weighted by atomic mass is 16.5. The first-order valence-corrected chi connectivity index (χ1v) is 26.9. The Balaban J connectivity index is 0.000000244. The summed E-state index contributed by atoms with van der Waals surface area (Å²) in [6.45, 7) is 26.2. The smallest absolute Gasteiger partial charge is 0.352 e. The highest BCUT2D eigenvalue weighted by Gasteiger charge is 2.18. The number of carbonyl (C=O) groups excluding carboxylic acids is 3. The molecule has 0 saturated carbocycles. The predicted molar refractivity (Wildman–Crippen MR) is 301 cm³/mol. The van der Waals surface area contributed by atoms with Crippen LogP contribution in [0.25, 0.3) is 0 Å². The Bertz CT molecular complexity index is 2160. The van der Waals surface area contributed by atoms with Crippen molar-refractivity contribution in [3.05, 3.63) is 142 Å². The van der Waals surface area contributed by atoms with Gasteiger partial charge in [-0.3, -0.25) is 19.5 Å². The van der Waals surface area contributed by atoms with Gasteiger partial charge in [0.1, 0.15) is 12.5 Å². The minimum Gasteiger partial charge on any atom is -0.462 e. The molecule has 1 amide bonds. The summed E-state index contributed by atoms with van der Waals surface area (Å²) in [7, 11) is 0. The van der Waals surface area contributed by atoms with E-state index in [2.05, 4.69) is 158 Å². The molecule has 4 aromatic rings. The zero-order valence-corrected chi connectivity index (χ0v) is 45.8. The molecule has 14 nitrogen and oxygen atoms in total. The fourth-order valence-corrected chi connectivity index (χ4v) is 9.29. The molecule has 0 saturated heterocycles. The normalized spacial score (nSPS) is 16.4. The lowest BCUT2D eigenvalue weighted by Gasteiger charge is -2.24. The van der Waals surface area contributed by atoms with E-state index in [1.54, 1.807) is 12.5 Å². The number of nitrogens with zero attached hydrogens (tertiary/aromatic N) is 5. The minimum absolute atomic E-state index is 0.0192. The first kappa shape index (κ1) is 62.5. The molecule has 4 aliphatic rings. The summed E-state index contributed by atoms with van der Waals surface area (Å²) in [4.78, 5) is 38.4. The minimum atomic E-state index is -0.630. The lowest BCUT2D eigenvalue weighted by Crippen LogP contribution is -2.42. The van der Waals surface area contributed by atoms with Gasteiger partial charge in [-0.1, -0.05) is 135 Å². The molecule has 14 heteroatoms. The molecule has 8 rings (SSSR count). The number of nitrogens with one attached hydrogen (secondary N) is 2. The Hall–Kier alpha value is -5.77. The van der Waals surface area contributed by atoms with Crippen molar-refractivity contribution in [3.63, 3.8) is 0 Å². The fourth-order valence-electron chi connectivity index (χ4n) is 9.29. The van der Waals surface area contributed by atoms with E-state index < -0.39 is 5.97 Å². The third-order valence-corrected chi connectivity index (χ3v) is 12.5. The second kappa shape index (κ2) is 37.0. The highest BCUT2D eigenvalue weighted by Crippen LogP contribution is 2.21. The van der Waals surface area contributed by atoms with Crippen LogP contribution in [0.2, 0.25) is 0 Å². The van der Waals surface area contributed by atoms with E-state index in [9.17, 15) is 14.4 Å². The molecule has 406 valence electrons. The van der Waals surface area contributed by atoms with Gasteiger partial charge in [0, 0.05) is 63.8 Å². The maximum absolute atomic E-state index is 11.3. The summed E-state index contributed by atoms with van der Waals surface area (Å²) >= 11 is 0. The fraction of sp³-hybridized carbons (Fsp3) is 0.517. The molecule has 0 spiro atoms. The number of rotatable bonds is 11. The number of nitrogens with two attached hydrogens (primary N) is 1. The van der Waals surface area contributed by atoms with E-state index in [1.165, 1.54) is 97.1 Å². The summed E-state index contributed by atoms with van der Waals surface area (Å²) in [5.74, 6) is -0.0181. The average Bonchev–Trinajstić information content (AvgIpc) is 3.91. The maximum Gasteiger partial charge on any atom is 0.352 e. The van der Waals surface area contributed by atoms with Crippen LogP contribution in [0.1, 0.15) is 119 Å². The van der Waals surface area contributed by atoms with E-state index in [1.807, 2.05) is 20.8 Å². The topological polar surface area (TPSA) is 185 Å². The second-order valence-corrected chi connectivity index (χ2v) is 20.3. The molecule has 0 unspecified atom stereocenters. The van der Waals surface area contributed by atoms with Crippen molar-refractivity contribution in [2.24, 2.45) is 27.9 Å². The molecule has 0 radical (unpaired) electrons. The van der Waals surface area contributed by atoms with Crippen LogP contribution in [-0.4, -0.2) is 120 Å². The number of oxime groups is 2. The highest BCUT2D eigenvalue weighted by molar-refractivity contribution is 6.26. The van der Waals surface area contributed by atoms with Crippen LogP contribution in [0, 0.1) is 11.8 Å². The number of hydrogen-bond acceptors (Lipinski definition) is 13. The van der Waals surface area contributed by atoms with E-state index in [-0.39, 0.29) is 23.9 Å². The molecule has 4 heterocycles. The SMILES string of the molecule is CC(C)C=O.CC(C)CN1CCCc2ccccc2C1.CCOC(=O)/C=N/O.C[C@@H](CN1CCCc2ccccc2C1)NC(=O)/C=N/O.C[C@H](N)CN1CCCc2ccccc2C1.c1ccc2c(c1)CCCNC2. The van der Waals surface area contributed by atoms with Gasteiger partial charge < -0.3 is 36.3 Å². The molecule has 2 atom stereocenters. The van der Waals surface area contributed by atoms with E-state index in [0.29, 0.717) is 12.8 Å². The van der Waals surface area contributed by atoms with Crippen molar-refractivity contribution in [3.8, 4) is 0 Å². The third kappa shape index (κ3) is 26.4.